The molecule has 1 saturated heterocycles. The lowest BCUT2D eigenvalue weighted by Gasteiger charge is -2.14. The van der Waals surface area contributed by atoms with Gasteiger partial charge in [-0.05, 0) is 13.0 Å². The van der Waals surface area contributed by atoms with Crippen molar-refractivity contribution in [3.05, 3.63) is 12.4 Å². The van der Waals surface area contributed by atoms with Gasteiger partial charge in [0.1, 0.15) is 4.90 Å². The number of hydrogen-bond acceptors (Lipinski definition) is 6. The van der Waals surface area contributed by atoms with Gasteiger partial charge in [0, 0.05) is 40.1 Å². The van der Waals surface area contributed by atoms with Gasteiger partial charge in [-0.3, -0.25) is 4.68 Å². The molecule has 0 radical (unpaired) electrons. The van der Waals surface area contributed by atoms with Crippen LogP contribution in [0.3, 0.4) is 0 Å². The average molecular weight is 318 g/mol. The van der Waals surface area contributed by atoms with Gasteiger partial charge in [-0.2, -0.15) is 9.40 Å². The molecule has 2 unspecified atom stereocenters. The van der Waals surface area contributed by atoms with Crippen LogP contribution in [0.1, 0.15) is 6.42 Å². The second kappa shape index (κ2) is 6.84. The molecule has 9 heteroatoms. The Morgan fingerprint density at radius 3 is 2.48 bits per heavy atom. The van der Waals surface area contributed by atoms with E-state index in [0.29, 0.717) is 13.1 Å². The quantitative estimate of drug-likeness (QED) is 0.711. The molecule has 120 valence electrons. The standard InChI is InChI=1S/C12H22N4O4S/c1-19-11-8-16(9-12(11)20-2)21(17,18)10-6-14-15(7-10)5-3-4-13/h6-7,11-12H,3-5,8-9,13H2,1-2H3. The van der Waals surface area contributed by atoms with Gasteiger partial charge in [0.15, 0.2) is 0 Å². The molecule has 1 fully saturated rings. The molecular weight excluding hydrogens is 296 g/mol. The molecule has 2 atom stereocenters. The molecule has 21 heavy (non-hydrogen) atoms. The van der Waals surface area contributed by atoms with E-state index in [-0.39, 0.29) is 30.2 Å². The lowest BCUT2D eigenvalue weighted by Crippen LogP contribution is -2.30. The topological polar surface area (TPSA) is 99.7 Å². The molecule has 0 aromatic carbocycles. The van der Waals surface area contributed by atoms with E-state index < -0.39 is 10.0 Å². The van der Waals surface area contributed by atoms with Crippen molar-refractivity contribution in [1.82, 2.24) is 14.1 Å². The first-order valence-corrected chi connectivity index (χ1v) is 8.25. The second-order valence-corrected chi connectivity index (χ2v) is 6.89. The molecule has 2 rings (SSSR count). The smallest absolute Gasteiger partial charge is 0.246 e. The molecule has 1 aromatic rings. The van der Waals surface area contributed by atoms with Crippen molar-refractivity contribution >= 4 is 10.0 Å². The summed E-state index contributed by atoms with van der Waals surface area (Å²) in [5.41, 5.74) is 5.43. The first kappa shape index (κ1) is 16.4. The monoisotopic (exact) mass is 318 g/mol. The van der Waals surface area contributed by atoms with Crippen LogP contribution in [-0.4, -0.2) is 68.6 Å². The number of ether oxygens (including phenoxy) is 2. The summed E-state index contributed by atoms with van der Waals surface area (Å²) in [4.78, 5) is 0.186. The third-order valence-electron chi connectivity index (χ3n) is 3.63. The van der Waals surface area contributed by atoms with Crippen LogP contribution in [0.25, 0.3) is 0 Å². The van der Waals surface area contributed by atoms with E-state index in [0.717, 1.165) is 6.42 Å². The summed E-state index contributed by atoms with van der Waals surface area (Å²) >= 11 is 0. The largest absolute Gasteiger partial charge is 0.377 e. The lowest BCUT2D eigenvalue weighted by molar-refractivity contribution is -0.00461. The molecule has 2 heterocycles. The third-order valence-corrected chi connectivity index (χ3v) is 5.41. The molecule has 8 nitrogen and oxygen atoms in total. The summed E-state index contributed by atoms with van der Waals surface area (Å²) in [5, 5.41) is 4.06. The summed E-state index contributed by atoms with van der Waals surface area (Å²) in [7, 11) is -0.464. The predicted octanol–water partition coefficient (Wildman–Crippen LogP) is -0.734. The van der Waals surface area contributed by atoms with Crippen LogP contribution in [0.2, 0.25) is 0 Å². The highest BCUT2D eigenvalue weighted by molar-refractivity contribution is 7.89. The van der Waals surface area contributed by atoms with Crippen LogP contribution in [0.15, 0.2) is 17.3 Å². The Balaban J connectivity index is 2.13. The number of rotatable bonds is 7. The number of sulfonamides is 1. The van der Waals surface area contributed by atoms with Crippen molar-refractivity contribution in [2.24, 2.45) is 5.73 Å². The maximum absolute atomic E-state index is 12.6. The van der Waals surface area contributed by atoms with Crippen molar-refractivity contribution < 1.29 is 17.9 Å². The molecule has 1 aromatic heterocycles. The second-order valence-electron chi connectivity index (χ2n) is 4.95. The highest BCUT2D eigenvalue weighted by atomic mass is 32.2. The fourth-order valence-corrected chi connectivity index (χ4v) is 3.78. The molecule has 2 N–H and O–H groups in total. The summed E-state index contributed by atoms with van der Waals surface area (Å²) in [6.45, 7) is 1.71. The molecule has 1 aliphatic heterocycles. The van der Waals surface area contributed by atoms with E-state index >= 15 is 0 Å². The Bertz CT molecular complexity index is 547. The molecule has 0 bridgehead atoms. The maximum Gasteiger partial charge on any atom is 0.246 e. The highest BCUT2D eigenvalue weighted by Crippen LogP contribution is 2.23. The summed E-state index contributed by atoms with van der Waals surface area (Å²) in [5.74, 6) is 0. The van der Waals surface area contributed by atoms with E-state index in [1.54, 1.807) is 18.9 Å². The van der Waals surface area contributed by atoms with Gasteiger partial charge in [0.25, 0.3) is 0 Å². The zero-order chi connectivity index (χ0) is 15.5. The molecular formula is C12H22N4O4S. The van der Waals surface area contributed by atoms with Crippen molar-refractivity contribution in [2.45, 2.75) is 30.1 Å². The number of aromatic nitrogens is 2. The number of methoxy groups -OCH3 is 2. The normalized spacial score (nSPS) is 23.8. The molecule has 0 saturated carbocycles. The number of aryl methyl sites for hydroxylation is 1. The highest BCUT2D eigenvalue weighted by Gasteiger charge is 2.40. The Morgan fingerprint density at radius 2 is 1.95 bits per heavy atom. The zero-order valence-electron chi connectivity index (χ0n) is 12.3. The van der Waals surface area contributed by atoms with Crippen molar-refractivity contribution in [3.8, 4) is 0 Å². The van der Waals surface area contributed by atoms with E-state index in [1.807, 2.05) is 0 Å². The van der Waals surface area contributed by atoms with Crippen molar-refractivity contribution in [3.63, 3.8) is 0 Å². The first-order chi connectivity index (χ1) is 10.0. The van der Waals surface area contributed by atoms with E-state index in [4.69, 9.17) is 15.2 Å². The fraction of sp³-hybridized carbons (Fsp3) is 0.750. The molecule has 0 aliphatic carbocycles. The fourth-order valence-electron chi connectivity index (χ4n) is 2.36. The Hall–Kier alpha value is -1.00. The molecule has 1 aliphatic rings. The van der Waals surface area contributed by atoms with Gasteiger partial charge in [0.05, 0.1) is 18.4 Å². The summed E-state index contributed by atoms with van der Waals surface area (Å²) in [6, 6.07) is 0. The van der Waals surface area contributed by atoms with Gasteiger partial charge in [-0.25, -0.2) is 8.42 Å². The van der Waals surface area contributed by atoms with Crippen LogP contribution < -0.4 is 5.73 Å². The summed E-state index contributed by atoms with van der Waals surface area (Å²) < 4.78 is 38.7. The first-order valence-electron chi connectivity index (χ1n) is 6.81. The zero-order valence-corrected chi connectivity index (χ0v) is 13.1. The number of nitrogens with zero attached hydrogens (tertiary/aromatic N) is 3. The van der Waals surface area contributed by atoms with Crippen LogP contribution >= 0.6 is 0 Å². The minimum Gasteiger partial charge on any atom is -0.377 e. The van der Waals surface area contributed by atoms with Crippen LogP contribution in [0.4, 0.5) is 0 Å². The SMILES string of the molecule is COC1CN(S(=O)(=O)c2cnn(CCCN)c2)CC1OC. The minimum absolute atomic E-state index is 0.186. The Labute approximate surface area is 124 Å². The van der Waals surface area contributed by atoms with E-state index in [9.17, 15) is 8.42 Å². The lowest BCUT2D eigenvalue weighted by atomic mass is 10.3. The van der Waals surface area contributed by atoms with Gasteiger partial charge in [-0.15, -0.1) is 0 Å². The summed E-state index contributed by atoms with van der Waals surface area (Å²) in [6.07, 6.45) is 3.15. The van der Waals surface area contributed by atoms with Crippen LogP contribution in [0, 0.1) is 0 Å². The Kier molecular flexibility index (Phi) is 5.33. The van der Waals surface area contributed by atoms with Gasteiger partial charge in [0.2, 0.25) is 10.0 Å². The minimum atomic E-state index is -3.57. The van der Waals surface area contributed by atoms with Crippen LogP contribution in [0.5, 0.6) is 0 Å². The van der Waals surface area contributed by atoms with Crippen molar-refractivity contribution in [1.29, 1.82) is 0 Å². The van der Waals surface area contributed by atoms with E-state index in [1.165, 1.54) is 16.7 Å². The molecule has 0 amide bonds. The molecule has 0 spiro atoms. The van der Waals surface area contributed by atoms with Crippen molar-refractivity contribution in [2.75, 3.05) is 33.9 Å². The third kappa shape index (κ3) is 3.43. The maximum atomic E-state index is 12.6. The average Bonchev–Trinajstić information content (AvgIpc) is 3.11. The Morgan fingerprint density at radius 1 is 1.33 bits per heavy atom. The number of nitrogens with two attached hydrogens (primary N) is 1. The predicted molar refractivity (Wildman–Crippen MR) is 76.3 cm³/mol. The van der Waals surface area contributed by atoms with Crippen LogP contribution in [-0.2, 0) is 26.0 Å². The van der Waals surface area contributed by atoms with Gasteiger partial charge < -0.3 is 15.2 Å². The van der Waals surface area contributed by atoms with Gasteiger partial charge >= 0.3 is 0 Å². The number of hydrogen-bond donors (Lipinski definition) is 1. The van der Waals surface area contributed by atoms with E-state index in [2.05, 4.69) is 5.10 Å². The van der Waals surface area contributed by atoms with Gasteiger partial charge in [-0.1, -0.05) is 0 Å².